The van der Waals surface area contributed by atoms with Crippen LogP contribution in [-0.2, 0) is 0 Å². The van der Waals surface area contributed by atoms with Crippen molar-refractivity contribution in [1.82, 2.24) is 9.80 Å². The number of rotatable bonds is 6. The van der Waals surface area contributed by atoms with Crippen LogP contribution >= 0.6 is 0 Å². The van der Waals surface area contributed by atoms with Crippen LogP contribution in [0.25, 0.3) is 0 Å². The molecular weight excluding hydrogens is 245 g/mol. The van der Waals surface area contributed by atoms with Crippen LogP contribution in [0.2, 0.25) is 0 Å². The molecule has 0 aromatic heterocycles. The minimum atomic E-state index is -0.559. The maximum Gasteiger partial charge on any atom is 0.256 e. The second kappa shape index (κ2) is 7.09. The van der Waals surface area contributed by atoms with Crippen LogP contribution in [0.1, 0.15) is 23.7 Å². The molecule has 0 aliphatic rings. The van der Waals surface area contributed by atoms with Gasteiger partial charge in [-0.1, -0.05) is 6.92 Å². The smallest absolute Gasteiger partial charge is 0.256 e. The van der Waals surface area contributed by atoms with Gasteiger partial charge < -0.3 is 15.5 Å². The van der Waals surface area contributed by atoms with Crippen molar-refractivity contribution in [1.29, 1.82) is 0 Å². The standard InChI is InChI=1S/C14H22FN3O/c1-4-7-18(9-8-17(2)3)14(19)12-6-5-11(16)10-13(12)15/h5-6,10H,4,7-9,16H2,1-3H3. The first-order chi connectivity index (χ1) is 8.95. The first-order valence-electron chi connectivity index (χ1n) is 6.44. The van der Waals surface area contributed by atoms with Crippen molar-refractivity contribution in [2.45, 2.75) is 13.3 Å². The highest BCUT2D eigenvalue weighted by Crippen LogP contribution is 2.14. The molecule has 0 saturated heterocycles. The van der Waals surface area contributed by atoms with Crippen LogP contribution in [0.3, 0.4) is 0 Å². The van der Waals surface area contributed by atoms with Crippen LogP contribution in [0.5, 0.6) is 0 Å². The van der Waals surface area contributed by atoms with Crippen molar-refractivity contribution < 1.29 is 9.18 Å². The fraction of sp³-hybridized carbons (Fsp3) is 0.500. The number of anilines is 1. The van der Waals surface area contributed by atoms with Crippen LogP contribution in [0, 0.1) is 5.82 Å². The second-order valence-electron chi connectivity index (χ2n) is 4.83. The summed E-state index contributed by atoms with van der Waals surface area (Å²) in [6, 6.07) is 4.18. The number of likely N-dealkylation sites (N-methyl/N-ethyl adjacent to an activating group) is 1. The number of amides is 1. The lowest BCUT2D eigenvalue weighted by Gasteiger charge is -2.24. The van der Waals surface area contributed by atoms with Crippen molar-refractivity contribution in [3.05, 3.63) is 29.6 Å². The number of carbonyl (C=O) groups is 1. The summed E-state index contributed by atoms with van der Waals surface area (Å²) < 4.78 is 13.8. The first-order valence-corrected chi connectivity index (χ1v) is 6.44. The lowest BCUT2D eigenvalue weighted by Crippen LogP contribution is -2.37. The van der Waals surface area contributed by atoms with Gasteiger partial charge in [-0.3, -0.25) is 4.79 Å². The Bertz CT molecular complexity index is 435. The molecule has 0 unspecified atom stereocenters. The summed E-state index contributed by atoms with van der Waals surface area (Å²) in [7, 11) is 3.89. The highest BCUT2D eigenvalue weighted by molar-refractivity contribution is 5.94. The Labute approximate surface area is 114 Å². The van der Waals surface area contributed by atoms with Crippen LogP contribution in [-0.4, -0.2) is 49.4 Å². The molecule has 106 valence electrons. The third-order valence-corrected chi connectivity index (χ3v) is 2.82. The van der Waals surface area contributed by atoms with Gasteiger partial charge >= 0.3 is 0 Å². The molecule has 0 spiro atoms. The Hall–Kier alpha value is -1.62. The molecule has 0 heterocycles. The van der Waals surface area contributed by atoms with E-state index in [0.717, 1.165) is 13.0 Å². The van der Waals surface area contributed by atoms with E-state index in [9.17, 15) is 9.18 Å². The molecule has 0 aliphatic carbocycles. The van der Waals surface area contributed by atoms with Gasteiger partial charge in [-0.25, -0.2) is 4.39 Å². The number of nitrogen functional groups attached to an aromatic ring is 1. The Morgan fingerprint density at radius 1 is 1.26 bits per heavy atom. The molecule has 4 nitrogen and oxygen atoms in total. The summed E-state index contributed by atoms with van der Waals surface area (Å²) in [6.07, 6.45) is 0.843. The molecule has 1 amide bonds. The molecule has 0 aliphatic heterocycles. The number of nitrogens with two attached hydrogens (primary N) is 1. The minimum Gasteiger partial charge on any atom is -0.399 e. The molecule has 0 bridgehead atoms. The van der Waals surface area contributed by atoms with Crippen molar-refractivity contribution in [3.8, 4) is 0 Å². The average molecular weight is 267 g/mol. The Morgan fingerprint density at radius 3 is 2.47 bits per heavy atom. The average Bonchev–Trinajstić information content (AvgIpc) is 2.33. The van der Waals surface area contributed by atoms with Gasteiger partial charge in [0, 0.05) is 25.3 Å². The zero-order valence-corrected chi connectivity index (χ0v) is 11.8. The molecule has 1 aromatic rings. The third kappa shape index (κ3) is 4.52. The van der Waals surface area contributed by atoms with E-state index in [1.165, 1.54) is 12.1 Å². The summed E-state index contributed by atoms with van der Waals surface area (Å²) >= 11 is 0. The van der Waals surface area contributed by atoms with Crippen molar-refractivity contribution >= 4 is 11.6 Å². The van der Waals surface area contributed by atoms with Gasteiger partial charge in [0.1, 0.15) is 5.82 Å². The maximum absolute atomic E-state index is 13.8. The predicted molar refractivity (Wildman–Crippen MR) is 75.6 cm³/mol. The zero-order chi connectivity index (χ0) is 14.4. The third-order valence-electron chi connectivity index (χ3n) is 2.82. The van der Waals surface area contributed by atoms with E-state index in [1.807, 2.05) is 25.9 Å². The quantitative estimate of drug-likeness (QED) is 0.800. The molecule has 5 heteroatoms. The Balaban J connectivity index is 2.85. The Morgan fingerprint density at radius 2 is 1.95 bits per heavy atom. The highest BCUT2D eigenvalue weighted by atomic mass is 19.1. The molecule has 0 radical (unpaired) electrons. The number of hydrogen-bond acceptors (Lipinski definition) is 3. The van der Waals surface area contributed by atoms with Gasteiger partial charge in [-0.05, 0) is 38.7 Å². The summed E-state index contributed by atoms with van der Waals surface area (Å²) in [5.41, 5.74) is 5.90. The fourth-order valence-corrected chi connectivity index (χ4v) is 1.78. The number of nitrogens with zero attached hydrogens (tertiary/aromatic N) is 2. The van der Waals surface area contributed by atoms with Gasteiger partial charge in [-0.2, -0.15) is 0 Å². The van der Waals surface area contributed by atoms with Gasteiger partial charge in [0.25, 0.3) is 5.91 Å². The van der Waals surface area contributed by atoms with E-state index in [2.05, 4.69) is 0 Å². The lowest BCUT2D eigenvalue weighted by molar-refractivity contribution is 0.0740. The number of carbonyl (C=O) groups excluding carboxylic acids is 1. The maximum atomic E-state index is 13.8. The van der Waals surface area contributed by atoms with Crippen molar-refractivity contribution in [2.75, 3.05) is 39.5 Å². The molecule has 1 aromatic carbocycles. The zero-order valence-electron chi connectivity index (χ0n) is 11.8. The molecule has 2 N–H and O–H groups in total. The van der Waals surface area contributed by atoms with Gasteiger partial charge in [0.05, 0.1) is 5.56 Å². The van der Waals surface area contributed by atoms with Gasteiger partial charge in [-0.15, -0.1) is 0 Å². The first kappa shape index (κ1) is 15.4. The van der Waals surface area contributed by atoms with E-state index in [1.54, 1.807) is 11.0 Å². The molecule has 1 rings (SSSR count). The van der Waals surface area contributed by atoms with E-state index in [-0.39, 0.29) is 11.5 Å². The van der Waals surface area contributed by atoms with E-state index in [0.29, 0.717) is 18.8 Å². The largest absolute Gasteiger partial charge is 0.399 e. The lowest BCUT2D eigenvalue weighted by atomic mass is 10.1. The predicted octanol–water partition coefficient (Wildman–Crippen LogP) is 1.82. The van der Waals surface area contributed by atoms with Crippen molar-refractivity contribution in [3.63, 3.8) is 0 Å². The number of benzene rings is 1. The van der Waals surface area contributed by atoms with Crippen LogP contribution in [0.4, 0.5) is 10.1 Å². The highest BCUT2D eigenvalue weighted by Gasteiger charge is 2.18. The number of halogens is 1. The van der Waals surface area contributed by atoms with E-state index >= 15 is 0 Å². The Kier molecular flexibility index (Phi) is 5.76. The summed E-state index contributed by atoms with van der Waals surface area (Å²) in [4.78, 5) is 16.0. The monoisotopic (exact) mass is 267 g/mol. The van der Waals surface area contributed by atoms with E-state index in [4.69, 9.17) is 5.73 Å². The van der Waals surface area contributed by atoms with Crippen LogP contribution < -0.4 is 5.73 Å². The summed E-state index contributed by atoms with van der Waals surface area (Å²) in [5.74, 6) is -0.836. The summed E-state index contributed by atoms with van der Waals surface area (Å²) in [6.45, 7) is 3.96. The van der Waals surface area contributed by atoms with Crippen LogP contribution in [0.15, 0.2) is 18.2 Å². The van der Waals surface area contributed by atoms with E-state index < -0.39 is 5.82 Å². The molecular formula is C14H22FN3O. The SMILES string of the molecule is CCCN(CCN(C)C)C(=O)c1ccc(N)cc1F. The van der Waals surface area contributed by atoms with Gasteiger partial charge in [0.15, 0.2) is 0 Å². The molecule has 0 saturated carbocycles. The number of hydrogen-bond donors (Lipinski definition) is 1. The van der Waals surface area contributed by atoms with Gasteiger partial charge in [0.2, 0.25) is 0 Å². The molecule has 19 heavy (non-hydrogen) atoms. The minimum absolute atomic E-state index is 0.0846. The molecule has 0 atom stereocenters. The second-order valence-corrected chi connectivity index (χ2v) is 4.83. The molecule has 0 fully saturated rings. The van der Waals surface area contributed by atoms with Crippen molar-refractivity contribution in [2.24, 2.45) is 0 Å². The normalized spacial score (nSPS) is 10.8. The summed E-state index contributed by atoms with van der Waals surface area (Å²) in [5, 5.41) is 0. The fourth-order valence-electron chi connectivity index (χ4n) is 1.78. The topological polar surface area (TPSA) is 49.6 Å².